The molecule has 0 aliphatic rings. The van der Waals surface area contributed by atoms with Crippen molar-refractivity contribution in [2.45, 2.75) is 38.4 Å². The monoisotopic (exact) mass is 270 g/mol. The minimum atomic E-state index is -4.49. The minimum Gasteiger partial charge on any atom is -0.481 e. The molecule has 0 radical (unpaired) electrons. The predicted molar refractivity (Wildman–Crippen MR) is 57.8 cm³/mol. The molecule has 1 amide bonds. The van der Waals surface area contributed by atoms with Crippen molar-refractivity contribution in [2.75, 3.05) is 13.1 Å². The summed E-state index contributed by atoms with van der Waals surface area (Å²) in [5, 5.41) is 8.41. The first-order valence-corrected chi connectivity index (χ1v) is 5.50. The van der Waals surface area contributed by atoms with Crippen molar-refractivity contribution < 1.29 is 27.9 Å². The highest BCUT2D eigenvalue weighted by Gasteiger charge is 2.34. The average Bonchev–Trinajstić information content (AvgIpc) is 2.22. The number of halogens is 3. The molecule has 106 valence electrons. The topological polar surface area (TPSA) is 83.6 Å². The first-order chi connectivity index (χ1) is 8.17. The number of nitrogens with two attached hydrogens (primary N) is 1. The Morgan fingerprint density at radius 2 is 1.94 bits per heavy atom. The van der Waals surface area contributed by atoms with E-state index in [1.807, 2.05) is 0 Å². The second-order valence-corrected chi connectivity index (χ2v) is 3.91. The number of carbonyl (C=O) groups is 2. The molecule has 0 spiro atoms. The van der Waals surface area contributed by atoms with Crippen LogP contribution in [-0.4, -0.2) is 47.2 Å². The standard InChI is InChI=1S/C10H17F3N2O3/c1-2-5-15(6-10(11,12)13)9(18)7(14)3-4-8(16)17/h7H,2-6,14H2,1H3,(H,16,17). The van der Waals surface area contributed by atoms with Crippen LogP contribution >= 0.6 is 0 Å². The Morgan fingerprint density at radius 1 is 1.39 bits per heavy atom. The van der Waals surface area contributed by atoms with Crippen LogP contribution in [0.3, 0.4) is 0 Å². The van der Waals surface area contributed by atoms with E-state index >= 15 is 0 Å². The lowest BCUT2D eigenvalue weighted by Crippen LogP contribution is -2.47. The fourth-order valence-electron chi connectivity index (χ4n) is 1.39. The Morgan fingerprint density at radius 3 is 2.33 bits per heavy atom. The van der Waals surface area contributed by atoms with Gasteiger partial charge in [-0.25, -0.2) is 0 Å². The summed E-state index contributed by atoms with van der Waals surface area (Å²) in [5.74, 6) is -2.01. The maximum absolute atomic E-state index is 12.2. The summed E-state index contributed by atoms with van der Waals surface area (Å²) in [6.45, 7) is 0.221. The van der Waals surface area contributed by atoms with Crippen LogP contribution in [-0.2, 0) is 9.59 Å². The SMILES string of the molecule is CCCN(CC(F)(F)F)C(=O)C(N)CCC(=O)O. The Labute approximate surface area is 103 Å². The number of aliphatic carboxylic acids is 1. The molecule has 0 aromatic heterocycles. The number of carboxylic acid groups (broad SMARTS) is 1. The molecule has 0 rings (SSSR count). The number of alkyl halides is 3. The highest BCUT2D eigenvalue weighted by Crippen LogP contribution is 2.17. The smallest absolute Gasteiger partial charge is 0.406 e. The number of hydrogen-bond acceptors (Lipinski definition) is 3. The molecule has 0 saturated carbocycles. The maximum atomic E-state index is 12.2. The van der Waals surface area contributed by atoms with Crippen LogP contribution in [0.25, 0.3) is 0 Å². The van der Waals surface area contributed by atoms with Crippen molar-refractivity contribution in [3.63, 3.8) is 0 Å². The van der Waals surface area contributed by atoms with Crippen molar-refractivity contribution >= 4 is 11.9 Å². The van der Waals surface area contributed by atoms with Crippen LogP contribution in [0.1, 0.15) is 26.2 Å². The van der Waals surface area contributed by atoms with Gasteiger partial charge in [-0.05, 0) is 12.8 Å². The fraction of sp³-hybridized carbons (Fsp3) is 0.800. The molecule has 18 heavy (non-hydrogen) atoms. The number of carboxylic acids is 1. The molecule has 0 heterocycles. The van der Waals surface area contributed by atoms with Crippen LogP contribution in [0.15, 0.2) is 0 Å². The van der Waals surface area contributed by atoms with Crippen LogP contribution < -0.4 is 5.73 Å². The third-order valence-corrected chi connectivity index (χ3v) is 2.16. The van der Waals surface area contributed by atoms with Gasteiger partial charge in [-0.3, -0.25) is 9.59 Å². The van der Waals surface area contributed by atoms with Gasteiger partial charge in [0.05, 0.1) is 6.04 Å². The summed E-state index contributed by atoms with van der Waals surface area (Å²) in [4.78, 5) is 22.5. The van der Waals surface area contributed by atoms with Gasteiger partial charge in [0.2, 0.25) is 5.91 Å². The van der Waals surface area contributed by atoms with Gasteiger partial charge >= 0.3 is 12.1 Å². The van der Waals surface area contributed by atoms with Crippen molar-refractivity contribution in [3.8, 4) is 0 Å². The van der Waals surface area contributed by atoms with E-state index in [0.29, 0.717) is 11.3 Å². The molecule has 0 bridgehead atoms. The Bertz CT molecular complexity index is 295. The van der Waals surface area contributed by atoms with Crippen LogP contribution in [0.5, 0.6) is 0 Å². The Balaban J connectivity index is 4.49. The lowest BCUT2D eigenvalue weighted by molar-refractivity contribution is -0.162. The summed E-state index contributed by atoms with van der Waals surface area (Å²) in [6.07, 6.45) is -4.64. The van der Waals surface area contributed by atoms with E-state index in [2.05, 4.69) is 0 Å². The molecule has 0 fully saturated rings. The van der Waals surface area contributed by atoms with Gasteiger partial charge in [-0.15, -0.1) is 0 Å². The summed E-state index contributed by atoms with van der Waals surface area (Å²) in [7, 11) is 0. The molecule has 1 unspecified atom stereocenters. The highest BCUT2D eigenvalue weighted by atomic mass is 19.4. The Kier molecular flexibility index (Phi) is 6.67. The predicted octanol–water partition coefficient (Wildman–Crippen LogP) is 0.979. The van der Waals surface area contributed by atoms with E-state index in [9.17, 15) is 22.8 Å². The molecule has 5 nitrogen and oxygen atoms in total. The lowest BCUT2D eigenvalue weighted by Gasteiger charge is -2.26. The van der Waals surface area contributed by atoms with Crippen molar-refractivity contribution in [1.29, 1.82) is 0 Å². The van der Waals surface area contributed by atoms with Gasteiger partial charge < -0.3 is 15.7 Å². The molecule has 0 aliphatic heterocycles. The van der Waals surface area contributed by atoms with Crippen LogP contribution in [0.2, 0.25) is 0 Å². The second-order valence-electron chi connectivity index (χ2n) is 3.91. The first kappa shape index (κ1) is 16.7. The molecular formula is C10H17F3N2O3. The number of rotatable bonds is 7. The van der Waals surface area contributed by atoms with Gasteiger partial charge in [0.1, 0.15) is 6.54 Å². The van der Waals surface area contributed by atoms with Crippen molar-refractivity contribution in [2.24, 2.45) is 5.73 Å². The van der Waals surface area contributed by atoms with Gasteiger partial charge in [-0.1, -0.05) is 6.92 Å². The largest absolute Gasteiger partial charge is 0.481 e. The normalized spacial score (nSPS) is 13.2. The van der Waals surface area contributed by atoms with E-state index in [1.165, 1.54) is 0 Å². The van der Waals surface area contributed by atoms with E-state index in [4.69, 9.17) is 10.8 Å². The summed E-state index contributed by atoms with van der Waals surface area (Å²) >= 11 is 0. The number of nitrogens with zero attached hydrogens (tertiary/aromatic N) is 1. The van der Waals surface area contributed by atoms with Crippen LogP contribution in [0, 0.1) is 0 Å². The third kappa shape index (κ3) is 7.10. The molecule has 8 heteroatoms. The van der Waals surface area contributed by atoms with Gasteiger partial charge in [0, 0.05) is 13.0 Å². The van der Waals surface area contributed by atoms with E-state index < -0.39 is 30.6 Å². The fourth-order valence-corrected chi connectivity index (χ4v) is 1.39. The average molecular weight is 270 g/mol. The number of hydrogen-bond donors (Lipinski definition) is 2. The molecule has 0 aromatic carbocycles. The lowest BCUT2D eigenvalue weighted by atomic mass is 10.1. The van der Waals surface area contributed by atoms with Crippen molar-refractivity contribution in [3.05, 3.63) is 0 Å². The molecule has 0 aromatic rings. The van der Waals surface area contributed by atoms with E-state index in [1.54, 1.807) is 6.92 Å². The second kappa shape index (κ2) is 7.20. The van der Waals surface area contributed by atoms with Gasteiger partial charge in [0.25, 0.3) is 0 Å². The zero-order valence-electron chi connectivity index (χ0n) is 10.0. The van der Waals surface area contributed by atoms with E-state index in [-0.39, 0.29) is 19.4 Å². The van der Waals surface area contributed by atoms with Gasteiger partial charge in [0.15, 0.2) is 0 Å². The van der Waals surface area contributed by atoms with Crippen LogP contribution in [0.4, 0.5) is 13.2 Å². The summed E-state index contributed by atoms with van der Waals surface area (Å²) in [6, 6.07) is -1.21. The molecule has 0 aliphatic carbocycles. The summed E-state index contributed by atoms with van der Waals surface area (Å²) in [5.41, 5.74) is 5.39. The quantitative estimate of drug-likeness (QED) is 0.722. The number of carbonyl (C=O) groups excluding carboxylic acids is 1. The first-order valence-electron chi connectivity index (χ1n) is 5.50. The number of amides is 1. The molecule has 1 atom stereocenters. The zero-order chi connectivity index (χ0) is 14.3. The maximum Gasteiger partial charge on any atom is 0.406 e. The molecular weight excluding hydrogens is 253 g/mol. The zero-order valence-corrected chi connectivity index (χ0v) is 10.0. The molecule has 0 saturated heterocycles. The minimum absolute atomic E-state index is 0.0564. The summed E-state index contributed by atoms with van der Waals surface area (Å²) < 4.78 is 36.7. The van der Waals surface area contributed by atoms with Crippen molar-refractivity contribution in [1.82, 2.24) is 4.90 Å². The Hall–Kier alpha value is -1.31. The highest BCUT2D eigenvalue weighted by molar-refractivity contribution is 5.82. The third-order valence-electron chi connectivity index (χ3n) is 2.16. The van der Waals surface area contributed by atoms with E-state index in [0.717, 1.165) is 0 Å². The molecule has 3 N–H and O–H groups in total. The van der Waals surface area contributed by atoms with Gasteiger partial charge in [-0.2, -0.15) is 13.2 Å².